The maximum atomic E-state index is 13.2. The number of benzene rings is 3. The summed E-state index contributed by atoms with van der Waals surface area (Å²) in [6.45, 7) is 9.05. The molecule has 2 amide bonds. The first-order valence-corrected chi connectivity index (χ1v) is 13.7. The van der Waals surface area contributed by atoms with Crippen molar-refractivity contribution < 1.29 is 14.4 Å². The number of rotatable bonds is 9. The normalized spacial score (nSPS) is 13.3. The zero-order chi connectivity index (χ0) is 28.4. The third-order valence-corrected chi connectivity index (χ3v) is 7.42. The summed E-state index contributed by atoms with van der Waals surface area (Å²) in [5, 5.41) is 17.7. The maximum absolute atomic E-state index is 13.2. The van der Waals surface area contributed by atoms with Gasteiger partial charge in [-0.25, -0.2) is 0 Å². The van der Waals surface area contributed by atoms with E-state index in [1.54, 1.807) is 17.8 Å². The molecule has 200 valence electrons. The molecule has 0 aromatic heterocycles. The van der Waals surface area contributed by atoms with Crippen molar-refractivity contribution in [3.8, 4) is 6.07 Å². The Balaban J connectivity index is 0.000000403. The Kier molecular flexibility index (Phi) is 10.2. The average molecular weight is 540 g/mol. The molecule has 1 aliphatic rings. The molecular formula is C32H33N3O3S. The van der Waals surface area contributed by atoms with E-state index in [1.165, 1.54) is 26.8 Å². The van der Waals surface area contributed by atoms with Crippen molar-refractivity contribution in [1.82, 2.24) is 10.6 Å². The van der Waals surface area contributed by atoms with Crippen molar-refractivity contribution in [2.24, 2.45) is 0 Å². The van der Waals surface area contributed by atoms with Crippen molar-refractivity contribution in [3.05, 3.63) is 101 Å². The van der Waals surface area contributed by atoms with Gasteiger partial charge >= 0.3 is 0 Å². The zero-order valence-corrected chi connectivity index (χ0v) is 23.4. The first kappa shape index (κ1) is 29.4. The number of nitrogens with one attached hydrogen (secondary N) is 2. The number of Topliss-reactive ketones (excluding diaryl/α,β-unsaturated/α-hetero) is 1. The quantitative estimate of drug-likeness (QED) is 0.247. The van der Waals surface area contributed by atoms with Crippen LogP contribution >= 0.6 is 11.8 Å². The Labute approximate surface area is 234 Å². The Bertz CT molecular complexity index is 1470. The van der Waals surface area contributed by atoms with E-state index in [0.29, 0.717) is 0 Å². The molecule has 3 aromatic carbocycles. The molecule has 0 saturated heterocycles. The lowest BCUT2D eigenvalue weighted by molar-refractivity contribution is -0.136. The average Bonchev–Trinajstić information content (AvgIpc) is 3.74. The third-order valence-electron chi connectivity index (χ3n) is 6.53. The van der Waals surface area contributed by atoms with Crippen LogP contribution in [-0.2, 0) is 21.5 Å². The molecular weight excluding hydrogens is 506 g/mol. The van der Waals surface area contributed by atoms with Crippen LogP contribution in [0.5, 0.6) is 0 Å². The van der Waals surface area contributed by atoms with Gasteiger partial charge in [-0.15, -0.1) is 0 Å². The summed E-state index contributed by atoms with van der Waals surface area (Å²) in [5.41, 5.74) is 3.95. The number of ketones is 1. The number of nitriles is 1. The zero-order valence-electron chi connectivity index (χ0n) is 22.5. The standard InChI is InChI=1S/C27H27NOS.C5H6N2O2/c1-4-19-11-7-10-14-23(19)26(29)28-27(15-16-27)24-18-21(25(5-2)30-6-3)17-20-12-8-9-13-22(20)24;1-4(8)5(9)7-3-2-6/h5-14,17-18H,3-4,15-16H2,1-2H3,(H,28,29);3H2,1H3,(H,7,9)/b25-5-;. The van der Waals surface area contributed by atoms with Crippen LogP contribution in [0.15, 0.2) is 78.7 Å². The topological polar surface area (TPSA) is 99.1 Å². The number of fused-ring (bicyclic) bond motifs is 1. The first-order chi connectivity index (χ1) is 18.8. The molecule has 2 N–H and O–H groups in total. The molecule has 4 rings (SSSR count). The van der Waals surface area contributed by atoms with E-state index in [4.69, 9.17) is 5.26 Å². The summed E-state index contributed by atoms with van der Waals surface area (Å²) in [5.74, 6) is -1.27. The number of allylic oxidation sites excluding steroid dienone is 1. The second kappa shape index (κ2) is 13.6. The highest BCUT2D eigenvalue weighted by Crippen LogP contribution is 2.49. The summed E-state index contributed by atoms with van der Waals surface area (Å²) >= 11 is 1.63. The molecule has 1 aliphatic carbocycles. The van der Waals surface area contributed by atoms with Crippen LogP contribution in [0.3, 0.4) is 0 Å². The van der Waals surface area contributed by atoms with E-state index in [0.717, 1.165) is 37.3 Å². The molecule has 0 radical (unpaired) electrons. The van der Waals surface area contributed by atoms with Crippen LogP contribution in [0, 0.1) is 11.3 Å². The van der Waals surface area contributed by atoms with Gasteiger partial charge in [0.25, 0.3) is 11.8 Å². The number of nitrogens with zero attached hydrogens (tertiary/aromatic N) is 1. The van der Waals surface area contributed by atoms with Gasteiger partial charge in [-0.2, -0.15) is 5.26 Å². The molecule has 39 heavy (non-hydrogen) atoms. The van der Waals surface area contributed by atoms with Gasteiger partial charge in [0.2, 0.25) is 5.78 Å². The summed E-state index contributed by atoms with van der Waals surface area (Å²) in [7, 11) is 0. The molecule has 0 bridgehead atoms. The molecule has 7 heteroatoms. The lowest BCUT2D eigenvalue weighted by Crippen LogP contribution is -2.35. The first-order valence-electron chi connectivity index (χ1n) is 12.8. The summed E-state index contributed by atoms with van der Waals surface area (Å²) in [6.07, 6.45) is 4.88. The molecule has 3 aromatic rings. The van der Waals surface area contributed by atoms with Crippen molar-refractivity contribution in [3.63, 3.8) is 0 Å². The fourth-order valence-electron chi connectivity index (χ4n) is 4.41. The highest BCUT2D eigenvalue weighted by atomic mass is 32.2. The number of thioether (sulfide) groups is 1. The highest BCUT2D eigenvalue weighted by Gasteiger charge is 2.47. The molecule has 0 spiro atoms. The number of aryl methyl sites for hydroxylation is 1. The van der Waals surface area contributed by atoms with E-state index in [-0.39, 0.29) is 18.0 Å². The van der Waals surface area contributed by atoms with Crippen molar-refractivity contribution in [2.45, 2.75) is 45.6 Å². The Morgan fingerprint density at radius 3 is 2.41 bits per heavy atom. The second-order valence-corrected chi connectivity index (χ2v) is 10.1. The van der Waals surface area contributed by atoms with Gasteiger partial charge in [0, 0.05) is 17.4 Å². The van der Waals surface area contributed by atoms with Gasteiger partial charge in [0.15, 0.2) is 0 Å². The van der Waals surface area contributed by atoms with Gasteiger partial charge in [-0.05, 0) is 77.3 Å². The van der Waals surface area contributed by atoms with Crippen molar-refractivity contribution in [2.75, 3.05) is 6.54 Å². The fraction of sp³-hybridized carbons (Fsp3) is 0.250. The molecule has 0 heterocycles. The Morgan fingerprint density at radius 1 is 1.10 bits per heavy atom. The van der Waals surface area contributed by atoms with Gasteiger partial charge in [-0.3, -0.25) is 14.4 Å². The van der Waals surface area contributed by atoms with Crippen LogP contribution < -0.4 is 10.6 Å². The van der Waals surface area contributed by atoms with Gasteiger partial charge in [0.05, 0.1) is 11.6 Å². The molecule has 1 fully saturated rings. The van der Waals surface area contributed by atoms with E-state index in [9.17, 15) is 14.4 Å². The monoisotopic (exact) mass is 539 g/mol. The van der Waals surface area contributed by atoms with Crippen LogP contribution in [-0.4, -0.2) is 24.1 Å². The number of carbonyl (C=O) groups is 3. The Morgan fingerprint density at radius 2 is 1.79 bits per heavy atom. The number of hydrogen-bond donors (Lipinski definition) is 2. The largest absolute Gasteiger partial charge is 0.342 e. The summed E-state index contributed by atoms with van der Waals surface area (Å²) < 4.78 is 0. The minimum Gasteiger partial charge on any atom is -0.342 e. The van der Waals surface area contributed by atoms with E-state index < -0.39 is 11.7 Å². The van der Waals surface area contributed by atoms with E-state index in [1.807, 2.05) is 29.7 Å². The predicted octanol–water partition coefficient (Wildman–Crippen LogP) is 6.27. The smallest absolute Gasteiger partial charge is 0.287 e. The maximum Gasteiger partial charge on any atom is 0.287 e. The number of hydrogen-bond acceptors (Lipinski definition) is 5. The van der Waals surface area contributed by atoms with E-state index >= 15 is 0 Å². The lowest BCUT2D eigenvalue weighted by atomic mass is 9.93. The molecule has 1 saturated carbocycles. The van der Waals surface area contributed by atoms with E-state index in [2.05, 4.69) is 73.5 Å². The molecule has 0 aliphatic heterocycles. The number of amides is 2. The van der Waals surface area contributed by atoms with Gasteiger partial charge in [0.1, 0.15) is 6.54 Å². The lowest BCUT2D eigenvalue weighted by Gasteiger charge is -2.22. The minimum absolute atomic E-state index is 0.0196. The predicted molar refractivity (Wildman–Crippen MR) is 159 cm³/mol. The summed E-state index contributed by atoms with van der Waals surface area (Å²) in [6, 6.07) is 22.5. The molecule has 0 unspecified atom stereocenters. The Hall–Kier alpha value is -4.15. The molecule has 0 atom stereocenters. The highest BCUT2D eigenvalue weighted by molar-refractivity contribution is 8.10. The van der Waals surface area contributed by atoms with Crippen molar-refractivity contribution in [1.29, 1.82) is 5.26 Å². The minimum atomic E-state index is -0.712. The fourth-order valence-corrected chi connectivity index (χ4v) is 4.98. The summed E-state index contributed by atoms with van der Waals surface area (Å²) in [4.78, 5) is 34.8. The van der Waals surface area contributed by atoms with Crippen LogP contribution in [0.4, 0.5) is 0 Å². The third kappa shape index (κ3) is 7.24. The number of carbonyl (C=O) groups excluding carboxylic acids is 3. The van der Waals surface area contributed by atoms with Crippen LogP contribution in [0.25, 0.3) is 15.7 Å². The second-order valence-electron chi connectivity index (χ2n) is 9.13. The van der Waals surface area contributed by atoms with Crippen LogP contribution in [0.1, 0.15) is 60.7 Å². The van der Waals surface area contributed by atoms with Crippen LogP contribution in [0.2, 0.25) is 0 Å². The van der Waals surface area contributed by atoms with Gasteiger partial charge in [-0.1, -0.05) is 73.8 Å². The van der Waals surface area contributed by atoms with Gasteiger partial charge < -0.3 is 10.6 Å². The molecule has 6 nitrogen and oxygen atoms in total. The SMILES string of the molecule is C=CS/C(=C\C)c1cc(C2(NC(=O)c3ccccc3CC)CC2)c2ccccc2c1.CC(=O)C(=O)NCC#N. The van der Waals surface area contributed by atoms with Crippen molar-refractivity contribution >= 4 is 45.0 Å².